The first-order chi connectivity index (χ1) is 21.8. The van der Waals surface area contributed by atoms with Crippen LogP contribution in [0, 0.1) is 0 Å². The molecule has 206 valence electrons. The van der Waals surface area contributed by atoms with Crippen LogP contribution in [0.25, 0.3) is 87.1 Å². The third kappa shape index (κ3) is 3.96. The lowest BCUT2D eigenvalue weighted by molar-refractivity contribution is 0.670. The minimum Gasteiger partial charge on any atom is -0.455 e. The van der Waals surface area contributed by atoms with E-state index in [0.29, 0.717) is 5.82 Å². The molecule has 6 aromatic carbocycles. The van der Waals surface area contributed by atoms with E-state index < -0.39 is 0 Å². The zero-order valence-corrected chi connectivity index (χ0v) is 24.4. The van der Waals surface area contributed by atoms with Crippen molar-refractivity contribution in [2.45, 2.75) is 0 Å². The van der Waals surface area contributed by atoms with Crippen molar-refractivity contribution in [1.82, 2.24) is 9.97 Å². The van der Waals surface area contributed by atoms with Crippen molar-refractivity contribution in [3.05, 3.63) is 146 Å². The van der Waals surface area contributed by atoms with Gasteiger partial charge in [0.2, 0.25) is 0 Å². The number of benzene rings is 6. The maximum atomic E-state index is 6.70. The van der Waals surface area contributed by atoms with E-state index in [-0.39, 0.29) is 0 Å². The summed E-state index contributed by atoms with van der Waals surface area (Å²) in [6, 6.07) is 50.6. The molecule has 44 heavy (non-hydrogen) atoms. The Morgan fingerprint density at radius 1 is 0.500 bits per heavy atom. The average Bonchev–Trinajstić information content (AvgIpc) is 3.67. The Labute approximate surface area is 257 Å². The highest BCUT2D eigenvalue weighted by Crippen LogP contribution is 2.44. The van der Waals surface area contributed by atoms with Crippen LogP contribution in [0.3, 0.4) is 0 Å². The van der Waals surface area contributed by atoms with Crippen LogP contribution in [0.2, 0.25) is 0 Å². The zero-order valence-electron chi connectivity index (χ0n) is 23.6. The van der Waals surface area contributed by atoms with Crippen molar-refractivity contribution in [2.75, 3.05) is 0 Å². The summed E-state index contributed by atoms with van der Waals surface area (Å²) in [7, 11) is 0. The lowest BCUT2D eigenvalue weighted by Gasteiger charge is -2.09. The first kappa shape index (κ1) is 25.0. The molecule has 9 rings (SSSR count). The van der Waals surface area contributed by atoms with Crippen molar-refractivity contribution < 1.29 is 4.42 Å². The predicted molar refractivity (Wildman–Crippen MR) is 184 cm³/mol. The van der Waals surface area contributed by atoms with Crippen LogP contribution in [0.15, 0.2) is 150 Å². The van der Waals surface area contributed by atoms with Gasteiger partial charge in [-0.2, -0.15) is 0 Å². The smallest absolute Gasteiger partial charge is 0.161 e. The molecule has 9 aromatic rings. The van der Waals surface area contributed by atoms with Gasteiger partial charge >= 0.3 is 0 Å². The molecule has 3 aromatic heterocycles. The van der Waals surface area contributed by atoms with Gasteiger partial charge in [0.15, 0.2) is 5.82 Å². The Kier molecular flexibility index (Phi) is 5.68. The summed E-state index contributed by atoms with van der Waals surface area (Å²) in [6.07, 6.45) is 0. The van der Waals surface area contributed by atoms with Gasteiger partial charge in [-0.1, -0.05) is 121 Å². The number of rotatable bonds is 4. The maximum Gasteiger partial charge on any atom is 0.161 e. The minimum atomic E-state index is 0.694. The normalized spacial score (nSPS) is 11.6. The number of aromatic nitrogens is 2. The second-order valence-electron chi connectivity index (χ2n) is 11.0. The summed E-state index contributed by atoms with van der Waals surface area (Å²) >= 11 is 1.75. The number of furan rings is 1. The Balaban J connectivity index is 1.38. The molecule has 0 atom stereocenters. The van der Waals surface area contributed by atoms with Crippen molar-refractivity contribution in [3.63, 3.8) is 0 Å². The number of fused-ring (bicyclic) bond motifs is 6. The van der Waals surface area contributed by atoms with Crippen molar-refractivity contribution in [3.8, 4) is 44.9 Å². The van der Waals surface area contributed by atoms with Gasteiger partial charge in [0, 0.05) is 37.5 Å². The summed E-state index contributed by atoms with van der Waals surface area (Å²) in [4.78, 5) is 10.6. The maximum absolute atomic E-state index is 6.70. The Morgan fingerprint density at radius 2 is 1.18 bits per heavy atom. The second kappa shape index (κ2) is 10.0. The highest BCUT2D eigenvalue weighted by atomic mass is 32.1. The largest absolute Gasteiger partial charge is 0.455 e. The third-order valence-corrected chi connectivity index (χ3v) is 9.46. The van der Waals surface area contributed by atoms with Gasteiger partial charge in [-0.25, -0.2) is 9.97 Å². The molecule has 3 nitrogen and oxygen atoms in total. The van der Waals surface area contributed by atoms with E-state index in [1.807, 2.05) is 24.3 Å². The van der Waals surface area contributed by atoms with Gasteiger partial charge < -0.3 is 4.42 Å². The van der Waals surface area contributed by atoms with Gasteiger partial charge in [-0.05, 0) is 41.0 Å². The Bertz CT molecular complexity index is 2480. The van der Waals surface area contributed by atoms with E-state index >= 15 is 0 Å². The van der Waals surface area contributed by atoms with E-state index in [9.17, 15) is 0 Å². The average molecular weight is 581 g/mol. The lowest BCUT2D eigenvalue weighted by atomic mass is 9.95. The van der Waals surface area contributed by atoms with Crippen LogP contribution in [0.5, 0.6) is 0 Å². The number of hydrogen-bond donors (Lipinski definition) is 0. The predicted octanol–water partition coefficient (Wildman–Crippen LogP) is 11.4. The van der Waals surface area contributed by atoms with E-state index in [4.69, 9.17) is 14.4 Å². The van der Waals surface area contributed by atoms with Gasteiger partial charge in [0.1, 0.15) is 11.2 Å². The molecule has 0 aliphatic rings. The number of hydrogen-bond acceptors (Lipinski definition) is 4. The molecule has 0 aliphatic carbocycles. The van der Waals surface area contributed by atoms with E-state index in [0.717, 1.165) is 76.6 Å². The van der Waals surface area contributed by atoms with Crippen LogP contribution < -0.4 is 0 Å². The molecule has 4 heteroatoms. The van der Waals surface area contributed by atoms with Crippen molar-refractivity contribution >= 4 is 53.6 Å². The molecule has 3 heterocycles. The fraction of sp³-hybridized carbons (Fsp3) is 0. The summed E-state index contributed by atoms with van der Waals surface area (Å²) in [5, 5.41) is 3.22. The van der Waals surface area contributed by atoms with Gasteiger partial charge in [-0.15, -0.1) is 11.3 Å². The SMILES string of the molecule is c1ccc(-c2cc(-c3ccccc3)c3oc4cccc(-c5nc(-c6ccccc6)c6sc7ccccc7c6n5)c4c3c2)cc1. The topological polar surface area (TPSA) is 38.9 Å². The van der Waals surface area contributed by atoms with Gasteiger partial charge in [-0.3, -0.25) is 0 Å². The van der Waals surface area contributed by atoms with E-state index in [1.54, 1.807) is 11.3 Å². The van der Waals surface area contributed by atoms with Crippen LogP contribution in [-0.4, -0.2) is 9.97 Å². The van der Waals surface area contributed by atoms with Crippen molar-refractivity contribution in [1.29, 1.82) is 0 Å². The fourth-order valence-corrected chi connectivity index (χ4v) is 7.40. The molecule has 0 amide bonds. The molecule has 0 N–H and O–H groups in total. The molecule has 0 spiro atoms. The molecule has 0 unspecified atom stereocenters. The molecule has 0 radical (unpaired) electrons. The summed E-state index contributed by atoms with van der Waals surface area (Å²) in [5.41, 5.74) is 10.1. The van der Waals surface area contributed by atoms with Crippen LogP contribution >= 0.6 is 11.3 Å². The Morgan fingerprint density at radius 3 is 1.95 bits per heavy atom. The highest BCUT2D eigenvalue weighted by molar-refractivity contribution is 7.26. The molecular formula is C40H24N2OS. The van der Waals surface area contributed by atoms with Crippen LogP contribution in [-0.2, 0) is 0 Å². The Hall–Kier alpha value is -5.58. The standard InChI is InChI=1S/C40H24N2OS/c1-4-13-25(14-5-1)28-23-31(26-15-6-2-7-16-26)38-32(24-28)35-30(20-12-21-33(35)43-38)40-41-36(27-17-8-3-9-18-27)39-37(42-40)29-19-10-11-22-34(29)44-39/h1-24H. The second-order valence-corrected chi connectivity index (χ2v) is 12.0. The lowest BCUT2D eigenvalue weighted by Crippen LogP contribution is -1.94. The summed E-state index contributed by atoms with van der Waals surface area (Å²) in [6.45, 7) is 0. The highest BCUT2D eigenvalue weighted by Gasteiger charge is 2.21. The summed E-state index contributed by atoms with van der Waals surface area (Å²) in [5.74, 6) is 0.694. The number of thiophene rings is 1. The fourth-order valence-electron chi connectivity index (χ4n) is 6.25. The monoisotopic (exact) mass is 580 g/mol. The van der Waals surface area contributed by atoms with Gasteiger partial charge in [0.25, 0.3) is 0 Å². The quantitative estimate of drug-likeness (QED) is 0.208. The number of nitrogens with zero attached hydrogens (tertiary/aromatic N) is 2. The van der Waals surface area contributed by atoms with Gasteiger partial charge in [0.05, 0.1) is 15.9 Å². The van der Waals surface area contributed by atoms with E-state index in [1.165, 1.54) is 4.70 Å². The summed E-state index contributed by atoms with van der Waals surface area (Å²) < 4.78 is 9.00. The molecular weight excluding hydrogens is 557 g/mol. The van der Waals surface area contributed by atoms with E-state index in [2.05, 4.69) is 121 Å². The van der Waals surface area contributed by atoms with Crippen LogP contribution in [0.1, 0.15) is 0 Å². The molecule has 0 saturated heterocycles. The first-order valence-electron chi connectivity index (χ1n) is 14.7. The van der Waals surface area contributed by atoms with Crippen molar-refractivity contribution in [2.24, 2.45) is 0 Å². The zero-order chi connectivity index (χ0) is 29.0. The third-order valence-electron chi connectivity index (χ3n) is 8.30. The molecule has 0 bridgehead atoms. The molecule has 0 aliphatic heterocycles. The minimum absolute atomic E-state index is 0.694. The molecule has 0 fully saturated rings. The first-order valence-corrected chi connectivity index (χ1v) is 15.5. The van der Waals surface area contributed by atoms with Crippen LogP contribution in [0.4, 0.5) is 0 Å². The molecule has 0 saturated carbocycles.